The molecule has 1 aliphatic rings. The first-order valence-electron chi connectivity index (χ1n) is 10.8. The van der Waals surface area contributed by atoms with Gasteiger partial charge in [0, 0.05) is 16.4 Å². The topological polar surface area (TPSA) is 82.4 Å². The van der Waals surface area contributed by atoms with E-state index >= 15 is 0 Å². The van der Waals surface area contributed by atoms with Crippen LogP contribution in [-0.2, 0) is 16.0 Å². The zero-order valence-electron chi connectivity index (χ0n) is 19.1. The molecule has 0 saturated carbocycles. The molecule has 0 radical (unpaired) electrons. The number of rotatable bonds is 6. The number of anilines is 2. The van der Waals surface area contributed by atoms with Gasteiger partial charge in [0.2, 0.25) is 5.91 Å². The summed E-state index contributed by atoms with van der Waals surface area (Å²) in [5, 5.41) is 13.1. The summed E-state index contributed by atoms with van der Waals surface area (Å²) in [6.07, 6.45) is 0.412. The number of hydrogen-bond donors (Lipinski definition) is 1. The summed E-state index contributed by atoms with van der Waals surface area (Å²) in [6.45, 7) is 1.92. The summed E-state index contributed by atoms with van der Waals surface area (Å²) in [5.74, 6) is -0.140. The van der Waals surface area contributed by atoms with Crippen LogP contribution >= 0.6 is 23.4 Å². The van der Waals surface area contributed by atoms with Gasteiger partial charge < -0.3 is 10.1 Å². The molecule has 176 valence electrons. The Morgan fingerprint density at radius 1 is 1.14 bits per heavy atom. The lowest BCUT2D eigenvalue weighted by Crippen LogP contribution is -2.30. The summed E-state index contributed by atoms with van der Waals surface area (Å²) < 4.78 is 5.14. The number of nitriles is 1. The van der Waals surface area contributed by atoms with Gasteiger partial charge in [-0.3, -0.25) is 14.5 Å². The van der Waals surface area contributed by atoms with E-state index in [2.05, 4.69) is 5.32 Å². The Bertz CT molecular complexity index is 1330. The lowest BCUT2D eigenvalue weighted by molar-refractivity contribution is -0.117. The van der Waals surface area contributed by atoms with Gasteiger partial charge >= 0.3 is 0 Å². The number of ether oxygens (including phenoxy) is 1. The number of para-hydroxylation sites is 1. The number of aryl methyl sites for hydroxylation is 1. The Balaban J connectivity index is 1.69. The molecule has 3 aromatic carbocycles. The molecule has 1 atom stereocenters. The minimum atomic E-state index is -0.590. The first-order chi connectivity index (χ1) is 16.9. The number of nitrogens with zero attached hydrogens (tertiary/aromatic N) is 2. The Morgan fingerprint density at radius 2 is 1.86 bits per heavy atom. The number of carbonyl (C=O) groups excluding carboxylic acids is 2. The van der Waals surface area contributed by atoms with Gasteiger partial charge in [0.1, 0.15) is 22.4 Å². The van der Waals surface area contributed by atoms with Gasteiger partial charge in [0.05, 0.1) is 12.4 Å². The average molecular weight is 504 g/mol. The van der Waals surface area contributed by atoms with Crippen LogP contribution in [0.4, 0.5) is 11.4 Å². The van der Waals surface area contributed by atoms with E-state index in [0.29, 0.717) is 33.6 Å². The van der Waals surface area contributed by atoms with Crippen LogP contribution < -0.4 is 15.0 Å². The number of nitrogens with one attached hydrogen (secondary N) is 1. The van der Waals surface area contributed by atoms with Crippen molar-refractivity contribution in [2.75, 3.05) is 17.3 Å². The van der Waals surface area contributed by atoms with E-state index in [4.69, 9.17) is 16.3 Å². The predicted octanol–water partition coefficient (Wildman–Crippen LogP) is 5.72. The van der Waals surface area contributed by atoms with Crippen molar-refractivity contribution in [3.8, 4) is 11.8 Å². The average Bonchev–Trinajstić information content (AvgIpc) is 3.18. The molecule has 1 saturated heterocycles. The van der Waals surface area contributed by atoms with Gasteiger partial charge in [-0.2, -0.15) is 5.26 Å². The molecule has 8 heteroatoms. The molecule has 0 aromatic heterocycles. The van der Waals surface area contributed by atoms with E-state index in [1.54, 1.807) is 55.6 Å². The Hall–Kier alpha value is -3.73. The summed E-state index contributed by atoms with van der Waals surface area (Å²) in [5.41, 5.74) is 2.83. The molecule has 1 N–H and O–H groups in total. The van der Waals surface area contributed by atoms with E-state index in [0.717, 1.165) is 11.1 Å². The van der Waals surface area contributed by atoms with E-state index in [9.17, 15) is 14.9 Å². The number of amides is 2. The maximum atomic E-state index is 13.5. The normalized spacial score (nSPS) is 16.6. The second-order valence-electron chi connectivity index (χ2n) is 7.88. The molecule has 6 nitrogen and oxygen atoms in total. The van der Waals surface area contributed by atoms with Crippen LogP contribution in [0.1, 0.15) is 11.1 Å². The predicted molar refractivity (Wildman–Crippen MR) is 139 cm³/mol. The zero-order chi connectivity index (χ0) is 24.9. The van der Waals surface area contributed by atoms with Crippen LogP contribution in [0.25, 0.3) is 0 Å². The van der Waals surface area contributed by atoms with Crippen LogP contribution in [0, 0.1) is 18.3 Å². The summed E-state index contributed by atoms with van der Waals surface area (Å²) in [6, 6.07) is 23.5. The van der Waals surface area contributed by atoms with Gasteiger partial charge in [0.15, 0.2) is 0 Å². The highest BCUT2D eigenvalue weighted by atomic mass is 35.5. The molecular weight excluding hydrogens is 482 g/mol. The fourth-order valence-electron chi connectivity index (χ4n) is 3.64. The summed E-state index contributed by atoms with van der Waals surface area (Å²) >= 11 is 7.50. The minimum absolute atomic E-state index is 0.132. The lowest BCUT2D eigenvalue weighted by atomic mass is 10.1. The summed E-state index contributed by atoms with van der Waals surface area (Å²) in [4.78, 5) is 28.1. The highest BCUT2D eigenvalue weighted by Crippen LogP contribution is 2.42. The minimum Gasteiger partial charge on any atom is -0.497 e. The second-order valence-corrected chi connectivity index (χ2v) is 9.48. The molecule has 3 aromatic rings. The number of carbonyl (C=O) groups is 2. The maximum Gasteiger partial charge on any atom is 0.269 e. The molecule has 1 fully saturated rings. The fourth-order valence-corrected chi connectivity index (χ4v) is 5.16. The monoisotopic (exact) mass is 503 g/mol. The largest absolute Gasteiger partial charge is 0.497 e. The smallest absolute Gasteiger partial charge is 0.269 e. The highest BCUT2D eigenvalue weighted by Gasteiger charge is 2.40. The molecule has 0 aliphatic carbocycles. The Morgan fingerprint density at radius 3 is 2.49 bits per heavy atom. The first-order valence-corrected chi connectivity index (χ1v) is 12.1. The Labute approximate surface area is 213 Å². The number of hydrogen-bond acceptors (Lipinski definition) is 5. The van der Waals surface area contributed by atoms with Crippen LogP contribution in [0.3, 0.4) is 0 Å². The fraction of sp³-hybridized carbons (Fsp3) is 0.148. The van der Waals surface area contributed by atoms with Crippen molar-refractivity contribution in [2.45, 2.75) is 18.6 Å². The third-order valence-electron chi connectivity index (χ3n) is 5.53. The van der Waals surface area contributed by atoms with E-state index in [1.165, 1.54) is 16.7 Å². The zero-order valence-corrected chi connectivity index (χ0v) is 20.7. The van der Waals surface area contributed by atoms with E-state index in [-0.39, 0.29) is 11.5 Å². The molecule has 0 bridgehead atoms. The van der Waals surface area contributed by atoms with Crippen molar-refractivity contribution in [3.63, 3.8) is 0 Å². The molecule has 2 amide bonds. The molecule has 1 unspecified atom stereocenters. The van der Waals surface area contributed by atoms with Gasteiger partial charge in [-0.15, -0.1) is 0 Å². The highest BCUT2D eigenvalue weighted by molar-refractivity contribution is 8.05. The van der Waals surface area contributed by atoms with Crippen molar-refractivity contribution in [2.24, 2.45) is 0 Å². The molecular formula is C27H22ClN3O3S. The number of thioether (sulfide) groups is 1. The third kappa shape index (κ3) is 5.35. The van der Waals surface area contributed by atoms with Crippen LogP contribution in [0.15, 0.2) is 83.4 Å². The van der Waals surface area contributed by atoms with Crippen molar-refractivity contribution >= 4 is 46.6 Å². The molecule has 0 spiro atoms. The summed E-state index contributed by atoms with van der Waals surface area (Å²) in [7, 11) is 1.55. The third-order valence-corrected chi connectivity index (χ3v) is 7.20. The number of halogens is 1. The molecule has 1 aliphatic heterocycles. The SMILES string of the molecule is COc1ccc(NC(=O)/C(C#N)=C2\SC(Cc3ccc(C)c(Cl)c3)C(=O)N2c2ccccc2)cc1. The van der Waals surface area contributed by atoms with Crippen LogP contribution in [0.5, 0.6) is 5.75 Å². The van der Waals surface area contributed by atoms with Gasteiger partial charge in [-0.05, 0) is 66.9 Å². The molecule has 1 heterocycles. The molecule has 4 rings (SSSR count). The van der Waals surface area contributed by atoms with Crippen molar-refractivity contribution < 1.29 is 14.3 Å². The van der Waals surface area contributed by atoms with Crippen molar-refractivity contribution in [1.82, 2.24) is 0 Å². The first kappa shape index (κ1) is 24.4. The van der Waals surface area contributed by atoms with E-state index < -0.39 is 11.2 Å². The standard InChI is InChI=1S/C27H22ClN3O3S/c1-17-8-9-18(14-23(17)28)15-24-26(33)31(20-6-4-3-5-7-20)27(35-24)22(16-29)25(32)30-19-10-12-21(34-2)13-11-19/h3-14,24H,15H2,1-2H3,(H,30,32)/b27-22-. The number of methoxy groups -OCH3 is 1. The van der Waals surface area contributed by atoms with Crippen molar-refractivity contribution in [1.29, 1.82) is 5.26 Å². The molecule has 35 heavy (non-hydrogen) atoms. The van der Waals surface area contributed by atoms with Crippen LogP contribution in [0.2, 0.25) is 5.02 Å². The maximum absolute atomic E-state index is 13.5. The van der Waals surface area contributed by atoms with Gasteiger partial charge in [-0.25, -0.2) is 0 Å². The number of benzene rings is 3. The van der Waals surface area contributed by atoms with Crippen LogP contribution in [-0.4, -0.2) is 24.2 Å². The second kappa shape index (κ2) is 10.7. The van der Waals surface area contributed by atoms with Gasteiger partial charge in [0.25, 0.3) is 5.91 Å². The Kier molecular flexibility index (Phi) is 7.45. The quantitative estimate of drug-likeness (QED) is 0.343. The van der Waals surface area contributed by atoms with Crippen molar-refractivity contribution in [3.05, 3.63) is 99.5 Å². The van der Waals surface area contributed by atoms with Gasteiger partial charge in [-0.1, -0.05) is 53.7 Å². The lowest BCUT2D eigenvalue weighted by Gasteiger charge is -2.18. The van der Waals surface area contributed by atoms with E-state index in [1.807, 2.05) is 37.3 Å².